The van der Waals surface area contributed by atoms with Gasteiger partial charge < -0.3 is 26.0 Å². The standard InChI is InChI=1S/C13H16N2O6/c1-7(16)11(13(19)20)15-12(18)8-2-4-9(5-3-8)21-6-10(14)17/h2-5,7,11,16H,6H2,1H3,(H2,14,17)(H,15,18)(H,19,20)/t7-,11+/m1/s1. The summed E-state index contributed by atoms with van der Waals surface area (Å²) in [6.07, 6.45) is -1.23. The Bertz CT molecular complexity index is 526. The lowest BCUT2D eigenvalue weighted by molar-refractivity contribution is -0.141. The van der Waals surface area contributed by atoms with Gasteiger partial charge in [-0.3, -0.25) is 9.59 Å². The summed E-state index contributed by atoms with van der Waals surface area (Å²) < 4.78 is 5.02. The van der Waals surface area contributed by atoms with E-state index in [4.69, 9.17) is 15.6 Å². The van der Waals surface area contributed by atoms with Crippen LogP contribution in [0.15, 0.2) is 24.3 Å². The van der Waals surface area contributed by atoms with Gasteiger partial charge in [0.15, 0.2) is 12.6 Å². The molecule has 0 aliphatic rings. The second-order valence-corrected chi connectivity index (χ2v) is 4.31. The van der Waals surface area contributed by atoms with Gasteiger partial charge in [0.05, 0.1) is 6.10 Å². The van der Waals surface area contributed by atoms with Crippen LogP contribution < -0.4 is 15.8 Å². The minimum Gasteiger partial charge on any atom is -0.484 e. The molecule has 0 spiro atoms. The molecule has 0 saturated heterocycles. The number of hydrogen-bond acceptors (Lipinski definition) is 5. The van der Waals surface area contributed by atoms with Crippen molar-refractivity contribution in [3.63, 3.8) is 0 Å². The molecule has 8 nitrogen and oxygen atoms in total. The first-order chi connectivity index (χ1) is 9.81. The molecule has 21 heavy (non-hydrogen) atoms. The van der Waals surface area contributed by atoms with E-state index in [-0.39, 0.29) is 12.2 Å². The fraction of sp³-hybridized carbons (Fsp3) is 0.308. The molecule has 1 rings (SSSR count). The molecule has 2 amide bonds. The molecule has 0 aromatic heterocycles. The predicted octanol–water partition coefficient (Wildman–Crippen LogP) is -0.885. The van der Waals surface area contributed by atoms with Gasteiger partial charge in [0.1, 0.15) is 5.75 Å². The quantitative estimate of drug-likeness (QED) is 0.515. The maximum atomic E-state index is 11.8. The summed E-state index contributed by atoms with van der Waals surface area (Å²) in [4.78, 5) is 33.3. The smallest absolute Gasteiger partial charge is 0.328 e. The molecule has 0 heterocycles. The first-order valence-corrected chi connectivity index (χ1v) is 6.04. The van der Waals surface area contributed by atoms with Crippen molar-refractivity contribution in [2.75, 3.05) is 6.61 Å². The lowest BCUT2D eigenvalue weighted by atomic mass is 10.1. The number of benzene rings is 1. The van der Waals surface area contributed by atoms with Crippen molar-refractivity contribution in [2.45, 2.75) is 19.1 Å². The first kappa shape index (κ1) is 16.4. The van der Waals surface area contributed by atoms with Crippen LogP contribution in [0.3, 0.4) is 0 Å². The molecule has 0 unspecified atom stereocenters. The molecule has 0 fully saturated rings. The maximum absolute atomic E-state index is 11.8. The van der Waals surface area contributed by atoms with Gasteiger partial charge in [-0.25, -0.2) is 4.79 Å². The largest absolute Gasteiger partial charge is 0.484 e. The minimum atomic E-state index is -1.40. The fourth-order valence-corrected chi connectivity index (χ4v) is 1.47. The fourth-order valence-electron chi connectivity index (χ4n) is 1.47. The number of nitrogens with two attached hydrogens (primary N) is 1. The number of aliphatic carboxylic acids is 1. The van der Waals surface area contributed by atoms with Crippen LogP contribution in [0.1, 0.15) is 17.3 Å². The number of carbonyl (C=O) groups is 3. The lowest BCUT2D eigenvalue weighted by Crippen LogP contribution is -2.47. The molecule has 0 aliphatic heterocycles. The van der Waals surface area contributed by atoms with Gasteiger partial charge in [-0.15, -0.1) is 0 Å². The average Bonchev–Trinajstić information content (AvgIpc) is 2.42. The molecule has 0 radical (unpaired) electrons. The van der Waals surface area contributed by atoms with Crippen molar-refractivity contribution >= 4 is 17.8 Å². The summed E-state index contributed by atoms with van der Waals surface area (Å²) in [5.74, 6) is -2.27. The van der Waals surface area contributed by atoms with Gasteiger partial charge in [-0.2, -0.15) is 0 Å². The van der Waals surface area contributed by atoms with E-state index in [9.17, 15) is 19.5 Å². The van der Waals surface area contributed by atoms with Crippen LogP contribution in [0.5, 0.6) is 5.75 Å². The molecule has 2 atom stereocenters. The van der Waals surface area contributed by atoms with E-state index in [1.165, 1.54) is 31.2 Å². The second kappa shape index (κ2) is 7.25. The first-order valence-electron chi connectivity index (χ1n) is 6.04. The van der Waals surface area contributed by atoms with E-state index in [1.807, 2.05) is 0 Å². The van der Waals surface area contributed by atoms with E-state index in [1.54, 1.807) is 0 Å². The van der Waals surface area contributed by atoms with E-state index < -0.39 is 29.9 Å². The molecule has 0 bridgehead atoms. The van der Waals surface area contributed by atoms with Crippen molar-refractivity contribution in [1.82, 2.24) is 5.32 Å². The number of rotatable bonds is 7. The number of aliphatic hydroxyl groups is 1. The summed E-state index contributed by atoms with van der Waals surface area (Å²) in [6, 6.07) is 4.27. The van der Waals surface area contributed by atoms with Crippen LogP contribution in [0.2, 0.25) is 0 Å². The summed E-state index contributed by atoms with van der Waals surface area (Å²) in [5.41, 5.74) is 5.11. The van der Waals surface area contributed by atoms with Gasteiger partial charge >= 0.3 is 5.97 Å². The number of primary amides is 1. The number of amides is 2. The van der Waals surface area contributed by atoms with Crippen molar-refractivity contribution < 1.29 is 29.3 Å². The van der Waals surface area contributed by atoms with Gasteiger partial charge in [0.25, 0.3) is 11.8 Å². The number of carboxylic acids is 1. The van der Waals surface area contributed by atoms with Crippen LogP contribution in [0, 0.1) is 0 Å². The van der Waals surface area contributed by atoms with E-state index in [0.717, 1.165) is 0 Å². The van der Waals surface area contributed by atoms with E-state index in [0.29, 0.717) is 5.75 Å². The zero-order chi connectivity index (χ0) is 16.0. The van der Waals surface area contributed by atoms with Crippen LogP contribution >= 0.6 is 0 Å². The lowest BCUT2D eigenvalue weighted by Gasteiger charge is -2.17. The molecular weight excluding hydrogens is 280 g/mol. The topological polar surface area (TPSA) is 139 Å². The number of carbonyl (C=O) groups excluding carboxylic acids is 2. The Morgan fingerprint density at radius 2 is 1.86 bits per heavy atom. The minimum absolute atomic E-state index is 0.188. The van der Waals surface area contributed by atoms with Crippen molar-refractivity contribution in [3.05, 3.63) is 29.8 Å². The average molecular weight is 296 g/mol. The summed E-state index contributed by atoms with van der Waals surface area (Å²) >= 11 is 0. The number of carboxylic acid groups (broad SMARTS) is 1. The zero-order valence-electron chi connectivity index (χ0n) is 11.3. The third-order valence-corrected chi connectivity index (χ3v) is 2.53. The Labute approximate surface area is 120 Å². The van der Waals surface area contributed by atoms with Crippen molar-refractivity contribution in [2.24, 2.45) is 5.73 Å². The van der Waals surface area contributed by atoms with Crippen LogP contribution in [0.25, 0.3) is 0 Å². The number of aliphatic hydroxyl groups excluding tert-OH is 1. The van der Waals surface area contributed by atoms with Gasteiger partial charge in [0.2, 0.25) is 0 Å². The molecule has 8 heteroatoms. The third-order valence-electron chi connectivity index (χ3n) is 2.53. The molecule has 1 aromatic carbocycles. The molecule has 5 N–H and O–H groups in total. The Balaban J connectivity index is 2.70. The highest BCUT2D eigenvalue weighted by molar-refractivity contribution is 5.96. The Kier molecular flexibility index (Phi) is 5.67. The molecular formula is C13H16N2O6. The Hall–Kier alpha value is -2.61. The maximum Gasteiger partial charge on any atom is 0.328 e. The van der Waals surface area contributed by atoms with Crippen LogP contribution in [0.4, 0.5) is 0 Å². The molecule has 114 valence electrons. The van der Waals surface area contributed by atoms with E-state index >= 15 is 0 Å². The van der Waals surface area contributed by atoms with Gasteiger partial charge in [0, 0.05) is 5.56 Å². The summed E-state index contributed by atoms with van der Waals surface area (Å²) in [7, 11) is 0. The highest BCUT2D eigenvalue weighted by atomic mass is 16.5. The normalized spacial score (nSPS) is 13.0. The SMILES string of the molecule is C[C@@H](O)[C@H](NC(=O)c1ccc(OCC(N)=O)cc1)C(=O)O. The predicted molar refractivity (Wildman–Crippen MR) is 71.7 cm³/mol. The van der Waals surface area contributed by atoms with Crippen LogP contribution in [-0.4, -0.2) is 46.7 Å². The monoisotopic (exact) mass is 296 g/mol. The van der Waals surface area contributed by atoms with Crippen molar-refractivity contribution in [1.29, 1.82) is 0 Å². The Morgan fingerprint density at radius 3 is 2.29 bits per heavy atom. The summed E-state index contributed by atoms with van der Waals surface area (Å²) in [6.45, 7) is 0.981. The van der Waals surface area contributed by atoms with E-state index in [2.05, 4.69) is 5.32 Å². The third kappa shape index (κ3) is 5.11. The second-order valence-electron chi connectivity index (χ2n) is 4.31. The van der Waals surface area contributed by atoms with Gasteiger partial charge in [-0.05, 0) is 31.2 Å². The van der Waals surface area contributed by atoms with Crippen molar-refractivity contribution in [3.8, 4) is 5.75 Å². The number of ether oxygens (including phenoxy) is 1. The Morgan fingerprint density at radius 1 is 1.29 bits per heavy atom. The molecule has 0 aliphatic carbocycles. The number of nitrogens with one attached hydrogen (secondary N) is 1. The zero-order valence-corrected chi connectivity index (χ0v) is 11.3. The molecule has 1 aromatic rings. The highest BCUT2D eigenvalue weighted by Crippen LogP contribution is 2.12. The molecule has 0 saturated carbocycles. The highest BCUT2D eigenvalue weighted by Gasteiger charge is 2.25. The van der Waals surface area contributed by atoms with Gasteiger partial charge in [-0.1, -0.05) is 0 Å². The van der Waals surface area contributed by atoms with Crippen LogP contribution in [-0.2, 0) is 9.59 Å². The number of hydrogen-bond donors (Lipinski definition) is 4. The summed E-state index contributed by atoms with van der Waals surface area (Å²) in [5, 5.41) is 20.4.